The normalized spacial score (nSPS) is 10.5. The van der Waals surface area contributed by atoms with E-state index in [1.54, 1.807) is 7.05 Å². The van der Waals surface area contributed by atoms with Crippen LogP contribution in [0.1, 0.15) is 5.76 Å². The number of benzene rings is 1. The van der Waals surface area contributed by atoms with Crippen molar-refractivity contribution in [1.29, 1.82) is 0 Å². The molecule has 0 unspecified atom stereocenters. The first-order chi connectivity index (χ1) is 9.10. The summed E-state index contributed by atoms with van der Waals surface area (Å²) in [5.41, 5.74) is 1.00. The molecular formula is C14H13BrClNO2. The standard InChI is InChI=1S/C14H13BrClNO2/c1-17(14(18)8-16)9-12-6-7-13(19-12)10-2-4-11(15)5-3-10/h2-7H,8-9H2,1H3. The van der Waals surface area contributed by atoms with Crippen LogP contribution in [0.5, 0.6) is 0 Å². The first-order valence-corrected chi connectivity index (χ1v) is 7.07. The van der Waals surface area contributed by atoms with E-state index in [9.17, 15) is 4.79 Å². The van der Waals surface area contributed by atoms with Crippen LogP contribution in [0.2, 0.25) is 0 Å². The number of alkyl halides is 1. The average molecular weight is 343 g/mol. The molecule has 0 aliphatic rings. The molecule has 0 saturated heterocycles. The van der Waals surface area contributed by atoms with E-state index in [0.29, 0.717) is 6.54 Å². The van der Waals surface area contributed by atoms with Crippen LogP contribution in [0.15, 0.2) is 45.3 Å². The van der Waals surface area contributed by atoms with E-state index >= 15 is 0 Å². The molecule has 0 aliphatic heterocycles. The Balaban J connectivity index is 2.11. The van der Waals surface area contributed by atoms with Crippen LogP contribution in [-0.4, -0.2) is 23.7 Å². The van der Waals surface area contributed by atoms with Crippen LogP contribution < -0.4 is 0 Å². The predicted molar refractivity (Wildman–Crippen MR) is 79.0 cm³/mol. The molecule has 1 heterocycles. The van der Waals surface area contributed by atoms with E-state index in [2.05, 4.69) is 15.9 Å². The highest BCUT2D eigenvalue weighted by Gasteiger charge is 2.11. The van der Waals surface area contributed by atoms with Gasteiger partial charge in [-0.1, -0.05) is 28.1 Å². The maximum atomic E-state index is 11.4. The highest BCUT2D eigenvalue weighted by atomic mass is 79.9. The predicted octanol–water partition coefficient (Wildman–Crippen LogP) is 3.91. The van der Waals surface area contributed by atoms with Crippen molar-refractivity contribution in [2.24, 2.45) is 0 Å². The van der Waals surface area contributed by atoms with Gasteiger partial charge in [-0.2, -0.15) is 0 Å². The van der Waals surface area contributed by atoms with Gasteiger partial charge in [0, 0.05) is 17.1 Å². The highest BCUT2D eigenvalue weighted by Crippen LogP contribution is 2.24. The summed E-state index contributed by atoms with van der Waals surface area (Å²) in [5, 5.41) is 0. The number of furan rings is 1. The minimum atomic E-state index is -0.122. The van der Waals surface area contributed by atoms with Gasteiger partial charge < -0.3 is 9.32 Å². The fourth-order valence-electron chi connectivity index (χ4n) is 1.66. The third-order valence-electron chi connectivity index (χ3n) is 2.72. The van der Waals surface area contributed by atoms with Crippen LogP contribution in [0.25, 0.3) is 11.3 Å². The van der Waals surface area contributed by atoms with E-state index in [0.717, 1.165) is 21.6 Å². The van der Waals surface area contributed by atoms with Crippen molar-refractivity contribution in [3.8, 4) is 11.3 Å². The van der Waals surface area contributed by atoms with Crippen LogP contribution >= 0.6 is 27.5 Å². The van der Waals surface area contributed by atoms with E-state index in [1.165, 1.54) is 4.90 Å². The second-order valence-corrected chi connectivity index (χ2v) is 5.34. The zero-order chi connectivity index (χ0) is 13.8. The van der Waals surface area contributed by atoms with Gasteiger partial charge in [0.05, 0.1) is 6.54 Å². The topological polar surface area (TPSA) is 33.5 Å². The molecule has 0 spiro atoms. The Morgan fingerprint density at radius 1 is 1.26 bits per heavy atom. The van der Waals surface area contributed by atoms with Gasteiger partial charge in [-0.3, -0.25) is 4.79 Å². The van der Waals surface area contributed by atoms with Gasteiger partial charge in [-0.05, 0) is 24.3 Å². The third-order valence-corrected chi connectivity index (χ3v) is 3.48. The summed E-state index contributed by atoms with van der Waals surface area (Å²) in [7, 11) is 1.70. The number of nitrogens with zero attached hydrogens (tertiary/aromatic N) is 1. The summed E-state index contributed by atoms with van der Waals surface area (Å²) >= 11 is 8.90. The number of carbonyl (C=O) groups excluding carboxylic acids is 1. The number of hydrogen-bond acceptors (Lipinski definition) is 2. The molecule has 0 aliphatic carbocycles. The molecule has 2 rings (SSSR count). The summed E-state index contributed by atoms with van der Waals surface area (Å²) < 4.78 is 6.75. The number of hydrogen-bond donors (Lipinski definition) is 0. The summed E-state index contributed by atoms with van der Waals surface area (Å²) in [4.78, 5) is 12.9. The van der Waals surface area contributed by atoms with Crippen LogP contribution in [0, 0.1) is 0 Å². The monoisotopic (exact) mass is 341 g/mol. The second kappa shape index (κ2) is 6.26. The summed E-state index contributed by atoms with van der Waals surface area (Å²) in [6, 6.07) is 11.6. The highest BCUT2D eigenvalue weighted by molar-refractivity contribution is 9.10. The van der Waals surface area contributed by atoms with E-state index in [4.69, 9.17) is 16.0 Å². The van der Waals surface area contributed by atoms with Crippen LogP contribution in [-0.2, 0) is 11.3 Å². The molecule has 1 aromatic heterocycles. The molecule has 100 valence electrons. The number of rotatable bonds is 4. The van der Waals surface area contributed by atoms with Gasteiger partial charge in [-0.15, -0.1) is 11.6 Å². The van der Waals surface area contributed by atoms with Crippen molar-refractivity contribution in [3.63, 3.8) is 0 Å². The fourth-order valence-corrected chi connectivity index (χ4v) is 2.12. The lowest BCUT2D eigenvalue weighted by Crippen LogP contribution is -2.26. The largest absolute Gasteiger partial charge is 0.459 e. The molecule has 0 N–H and O–H groups in total. The van der Waals surface area contributed by atoms with Crippen LogP contribution in [0.4, 0.5) is 0 Å². The Morgan fingerprint density at radius 2 is 1.95 bits per heavy atom. The molecule has 0 bridgehead atoms. The maximum Gasteiger partial charge on any atom is 0.237 e. The van der Waals surface area contributed by atoms with Crippen LogP contribution in [0.3, 0.4) is 0 Å². The molecule has 0 fully saturated rings. The summed E-state index contributed by atoms with van der Waals surface area (Å²) in [5.74, 6) is 1.38. The molecule has 0 radical (unpaired) electrons. The second-order valence-electron chi connectivity index (χ2n) is 4.16. The van der Waals surface area contributed by atoms with Gasteiger partial charge in [0.1, 0.15) is 17.4 Å². The Kier molecular flexibility index (Phi) is 4.66. The van der Waals surface area contributed by atoms with Gasteiger partial charge in [-0.25, -0.2) is 0 Å². The zero-order valence-corrected chi connectivity index (χ0v) is 12.7. The molecule has 0 atom stereocenters. The van der Waals surface area contributed by atoms with E-state index in [1.807, 2.05) is 36.4 Å². The third kappa shape index (κ3) is 3.61. The van der Waals surface area contributed by atoms with Crippen molar-refractivity contribution >= 4 is 33.4 Å². The average Bonchev–Trinajstić information content (AvgIpc) is 2.87. The Morgan fingerprint density at radius 3 is 2.58 bits per heavy atom. The first-order valence-electron chi connectivity index (χ1n) is 5.74. The smallest absolute Gasteiger partial charge is 0.237 e. The quantitative estimate of drug-likeness (QED) is 0.789. The molecular weight excluding hydrogens is 330 g/mol. The number of carbonyl (C=O) groups is 1. The lowest BCUT2D eigenvalue weighted by molar-refractivity contribution is -0.127. The molecule has 5 heteroatoms. The SMILES string of the molecule is CN(Cc1ccc(-c2ccc(Br)cc2)o1)C(=O)CCl. The van der Waals surface area contributed by atoms with Crippen molar-refractivity contribution in [3.05, 3.63) is 46.6 Å². The Labute approximate surface area is 125 Å². The Bertz CT molecular complexity index is 565. The minimum absolute atomic E-state index is 0.0171. The number of amides is 1. The van der Waals surface area contributed by atoms with Gasteiger partial charge in [0.15, 0.2) is 0 Å². The van der Waals surface area contributed by atoms with Crippen molar-refractivity contribution in [2.45, 2.75) is 6.54 Å². The summed E-state index contributed by atoms with van der Waals surface area (Å²) in [6.45, 7) is 0.419. The van der Waals surface area contributed by atoms with Crippen molar-refractivity contribution < 1.29 is 9.21 Å². The number of halogens is 2. The zero-order valence-electron chi connectivity index (χ0n) is 10.4. The van der Waals surface area contributed by atoms with Gasteiger partial charge in [0.25, 0.3) is 0 Å². The van der Waals surface area contributed by atoms with Crippen molar-refractivity contribution in [1.82, 2.24) is 4.90 Å². The molecule has 1 amide bonds. The molecule has 19 heavy (non-hydrogen) atoms. The molecule has 3 nitrogen and oxygen atoms in total. The van der Waals surface area contributed by atoms with Gasteiger partial charge in [0.2, 0.25) is 5.91 Å². The Hall–Kier alpha value is -1.26. The maximum absolute atomic E-state index is 11.4. The van der Waals surface area contributed by atoms with E-state index < -0.39 is 0 Å². The molecule has 1 aromatic carbocycles. The molecule has 0 saturated carbocycles. The van der Waals surface area contributed by atoms with Gasteiger partial charge >= 0.3 is 0 Å². The minimum Gasteiger partial charge on any atom is -0.459 e. The van der Waals surface area contributed by atoms with Crippen molar-refractivity contribution in [2.75, 3.05) is 12.9 Å². The first kappa shape index (κ1) is 14.2. The van der Waals surface area contributed by atoms with E-state index in [-0.39, 0.29) is 11.8 Å². The lowest BCUT2D eigenvalue weighted by atomic mass is 10.2. The molecule has 2 aromatic rings. The lowest BCUT2D eigenvalue weighted by Gasteiger charge is -2.13. The fraction of sp³-hybridized carbons (Fsp3) is 0.214. The summed E-state index contributed by atoms with van der Waals surface area (Å²) in [6.07, 6.45) is 0.